The van der Waals surface area contributed by atoms with Crippen LogP contribution in [0.5, 0.6) is 0 Å². The Morgan fingerprint density at radius 2 is 1.66 bits per heavy atom. The Morgan fingerprint density at radius 3 is 2.50 bits per heavy atom. The van der Waals surface area contributed by atoms with Gasteiger partial charge in [-0.2, -0.15) is 0 Å². The highest BCUT2D eigenvalue weighted by Gasteiger charge is 2.99. The number of benzene rings is 1. The van der Waals surface area contributed by atoms with Crippen molar-refractivity contribution < 1.29 is 53.1 Å². The summed E-state index contributed by atoms with van der Waals surface area (Å²) in [5, 5.41) is 41.5. The highest BCUT2D eigenvalue weighted by molar-refractivity contribution is 5.94. The van der Waals surface area contributed by atoms with Gasteiger partial charge < -0.3 is 43.6 Å². The summed E-state index contributed by atoms with van der Waals surface area (Å²) in [6.45, 7) is 8.66. The lowest BCUT2D eigenvalue weighted by Crippen LogP contribution is -2.82. The lowest BCUT2D eigenvalue weighted by molar-refractivity contribution is -0.301. The molecule has 0 radical (unpaired) electrons. The summed E-state index contributed by atoms with van der Waals surface area (Å²) in [6, 6.07) is 13.3. The maximum Gasteiger partial charge on any atom is 0.339 e. The number of rotatable bonds is 10. The molecule has 0 amide bonds. The van der Waals surface area contributed by atoms with Crippen LogP contribution in [-0.4, -0.2) is 106 Å². The van der Waals surface area contributed by atoms with Gasteiger partial charge in [0.25, 0.3) is 0 Å². The number of esters is 2. The zero-order valence-corrected chi connectivity index (χ0v) is 53.8. The molecule has 10 saturated carbocycles. The monoisotopic (exact) mass is 1230 g/mol. The molecular weight excluding hydrogens is 1130 g/mol. The molecule has 19 rings (SSSR count). The molecule has 5 saturated heterocycles. The summed E-state index contributed by atoms with van der Waals surface area (Å²) in [7, 11) is 0. The number of carbonyl (C=O) groups excluding carboxylic acids is 3. The summed E-state index contributed by atoms with van der Waals surface area (Å²) in [5.41, 5.74) is -3.96. The normalized spacial score (nSPS) is 52.3. The Balaban J connectivity index is 0.802. The number of furan rings is 1. The van der Waals surface area contributed by atoms with Crippen molar-refractivity contribution in [2.24, 2.45) is 122 Å². The molecule has 1 aromatic carbocycles. The van der Waals surface area contributed by atoms with Gasteiger partial charge in [0.05, 0.1) is 48.5 Å². The maximum atomic E-state index is 17.7. The maximum absolute atomic E-state index is 17.7. The number of nitrogens with one attached hydrogen (secondary N) is 1. The number of aliphatic hydroxyl groups excluding tert-OH is 3. The van der Waals surface area contributed by atoms with Gasteiger partial charge in [-0.15, -0.1) is 0 Å². The average molecular weight is 1230 g/mol. The van der Waals surface area contributed by atoms with Gasteiger partial charge in [-0.1, -0.05) is 101 Å². The van der Waals surface area contributed by atoms with E-state index in [4.69, 9.17) is 23.4 Å². The van der Waals surface area contributed by atoms with E-state index in [9.17, 15) is 15.3 Å². The van der Waals surface area contributed by atoms with Gasteiger partial charge in [0, 0.05) is 41.3 Å². The van der Waals surface area contributed by atoms with Gasteiger partial charge in [0.15, 0.2) is 11.9 Å². The smallest absolute Gasteiger partial charge is 0.339 e. The number of carbonyl (C=O) groups is 3. The van der Waals surface area contributed by atoms with E-state index in [2.05, 4.69) is 79.7 Å². The number of cyclic esters (lactones) is 2. The van der Waals surface area contributed by atoms with E-state index in [0.29, 0.717) is 48.3 Å². The van der Waals surface area contributed by atoms with Crippen molar-refractivity contribution in [3.8, 4) is 0 Å². The fourth-order valence-electron chi connectivity index (χ4n) is 29.5. The first-order chi connectivity index (χ1) is 43.6. The molecule has 4 N–H and O–H groups in total. The van der Waals surface area contributed by atoms with Crippen LogP contribution >= 0.6 is 0 Å². The van der Waals surface area contributed by atoms with Crippen LogP contribution in [0.3, 0.4) is 0 Å². The molecule has 13 heteroatoms. The van der Waals surface area contributed by atoms with Gasteiger partial charge in [0.2, 0.25) is 0 Å². The zero-order chi connectivity index (χ0) is 60.9. The number of fused-ring (bicyclic) bond motifs is 6. The molecule has 7 aliphatic heterocycles. The van der Waals surface area contributed by atoms with Crippen LogP contribution in [0.4, 0.5) is 0 Å². The van der Waals surface area contributed by atoms with E-state index < -0.39 is 86.6 Å². The second kappa shape index (κ2) is 19.7. The number of hydrogen-bond donors (Lipinski definition) is 4. The largest absolute Gasteiger partial charge is 0.469 e. The van der Waals surface area contributed by atoms with Crippen molar-refractivity contribution in [1.82, 2.24) is 10.2 Å². The van der Waals surface area contributed by atoms with Gasteiger partial charge in [-0.3, -0.25) is 14.9 Å². The van der Waals surface area contributed by atoms with Crippen molar-refractivity contribution in [2.75, 3.05) is 26.4 Å². The predicted octanol–water partition coefficient (Wildman–Crippen LogP) is 11.4. The van der Waals surface area contributed by atoms with Crippen molar-refractivity contribution in [1.29, 1.82) is 0 Å². The molecule has 2 aromatic rings. The quantitative estimate of drug-likeness (QED) is 0.100. The van der Waals surface area contributed by atoms with E-state index in [1.807, 2.05) is 6.07 Å². The summed E-state index contributed by atoms with van der Waals surface area (Å²) >= 11 is 0. The molecule has 0 unspecified atom stereocenters. The molecule has 484 valence electrons. The molecule has 5 spiro atoms. The minimum atomic E-state index is -1.50. The average Bonchev–Trinajstić information content (AvgIpc) is 1.41. The van der Waals surface area contributed by atoms with E-state index in [-0.39, 0.29) is 77.7 Å². The van der Waals surface area contributed by atoms with Crippen LogP contribution in [0, 0.1) is 122 Å². The molecular formula is C77H100N2O11. The summed E-state index contributed by atoms with van der Waals surface area (Å²) in [6.07, 6.45) is 28.6. The lowest BCUT2D eigenvalue weighted by atomic mass is 9.29. The van der Waals surface area contributed by atoms with E-state index in [1.54, 1.807) is 6.26 Å². The van der Waals surface area contributed by atoms with Gasteiger partial charge >= 0.3 is 11.9 Å². The third-order valence-electron chi connectivity index (χ3n) is 32.0. The fourth-order valence-corrected chi connectivity index (χ4v) is 29.5. The zero-order valence-electron chi connectivity index (χ0n) is 53.8. The second-order valence-corrected chi connectivity index (χ2v) is 34.9. The lowest BCUT2D eigenvalue weighted by Gasteiger charge is -2.72. The third-order valence-corrected chi connectivity index (χ3v) is 32.0. The minimum Gasteiger partial charge on any atom is -0.469 e. The van der Waals surface area contributed by atoms with Crippen LogP contribution in [-0.2, 0) is 46.2 Å². The van der Waals surface area contributed by atoms with E-state index in [1.165, 1.54) is 56.1 Å². The van der Waals surface area contributed by atoms with Crippen molar-refractivity contribution in [3.63, 3.8) is 0 Å². The Labute approximate surface area is 532 Å². The third kappa shape index (κ3) is 7.01. The molecule has 17 aliphatic rings. The highest BCUT2D eigenvalue weighted by Crippen LogP contribution is 2.91. The minimum absolute atomic E-state index is 0.0607. The summed E-state index contributed by atoms with van der Waals surface area (Å²) in [4.78, 5) is 52.2. The highest BCUT2D eigenvalue weighted by atomic mass is 16.7. The number of Topliss-reactive ketones (excluding diaryl/α,β-unsaturated/α-hetero) is 1. The summed E-state index contributed by atoms with van der Waals surface area (Å²) < 4.78 is 37.4. The number of aliphatic hydroxyl groups is 3. The SMILES string of the molecule is C[C@H]1[C@@H]2CCCC[C@@H]2CC[C@H]1[C@H]1C=C2C[C@H]3CC4(CCCC4)C[C@]34C[C@H]3C[C@@]5(C)[C@H](c6ccoc6C[C@@H]([C@H]6CC[C@@H]7[C@H](C=CN8CNC[C@@H]78)C6)[C@H](O)CO)OC(=O)[C@H]6O[C@]65[C@]5([C@H]6CCC[C@H](Cc7ccccc7)C6)[C@H](O)C(=O)[C@@H]6[C@@]1(C)O[C@]21[C@H]4C(=O)OC[C@@]61[C@@H]35. The molecule has 1 aromatic heterocycles. The molecule has 5 bridgehead atoms. The standard InChI is InChI=1S/C77H100N2O11/c1-42-52-17-8-7-15-45(52)18-20-53(42)57-32-50-31-51-36-72(24-9-10-25-72)39-73(51)35-48-34-70(2)66(55-23-27-86-60(55)33-56(59(81)38-80)46-19-21-54-47(30-46)22-26-79-41-78-37-58(54)79)88-69(85)67-77(70,89-67)75(49-16-11-14-44(29-49)28-43-12-5-4-6-13-43)62(48)74-40-87-68(84)64(73)76(50,74)90-71(57,3)63(74)61(82)65(75)83/h4-6,12-13,22-23,26-27,32,42,44-49,51-54,56-59,62-67,78,80-81,83H,7-11,14-21,24-25,28-31,33-41H2,1-3H3/t42-,44+,45+,46-,47+,48+,49-,51-,52-,53+,54+,56-,57+,58-,59+,62+,63+,64-,65+,66-,67+,70-,71-,73+,74+,75-,76-,77+/m0/s1. The molecule has 13 nitrogen and oxygen atoms in total. The molecule has 10 aliphatic carbocycles. The number of nitrogens with zero attached hydrogens (tertiary/aromatic N) is 1. The van der Waals surface area contributed by atoms with Crippen molar-refractivity contribution in [2.45, 2.75) is 222 Å². The van der Waals surface area contributed by atoms with E-state index >= 15 is 14.4 Å². The number of hydrogen-bond acceptors (Lipinski definition) is 13. The van der Waals surface area contributed by atoms with Crippen LogP contribution in [0.2, 0.25) is 0 Å². The number of epoxide rings is 1. The Bertz CT molecular complexity index is 3340. The van der Waals surface area contributed by atoms with E-state index in [0.717, 1.165) is 121 Å². The Hall–Kier alpha value is -3.85. The topological polar surface area (TPSA) is 181 Å². The summed E-state index contributed by atoms with van der Waals surface area (Å²) in [5.74, 6) is 0.893. The van der Waals surface area contributed by atoms with Gasteiger partial charge in [0.1, 0.15) is 35.8 Å². The van der Waals surface area contributed by atoms with Crippen molar-refractivity contribution in [3.05, 3.63) is 83.5 Å². The fraction of sp³-hybridized carbons (Fsp3) is 0.779. The first-order valence-corrected chi connectivity index (χ1v) is 36.8. The number of ketones is 1. The Kier molecular flexibility index (Phi) is 12.6. The van der Waals surface area contributed by atoms with Crippen LogP contribution in [0.1, 0.15) is 185 Å². The van der Waals surface area contributed by atoms with Crippen LogP contribution in [0.25, 0.3) is 0 Å². The van der Waals surface area contributed by atoms with Crippen LogP contribution < -0.4 is 5.32 Å². The van der Waals surface area contributed by atoms with Crippen LogP contribution in [0.15, 0.2) is 71.0 Å². The predicted molar refractivity (Wildman–Crippen MR) is 333 cm³/mol. The second-order valence-electron chi connectivity index (χ2n) is 34.9. The molecule has 28 atom stereocenters. The van der Waals surface area contributed by atoms with Gasteiger partial charge in [-0.25, -0.2) is 4.79 Å². The Morgan fingerprint density at radius 1 is 0.822 bits per heavy atom. The molecule has 8 heterocycles. The number of allylic oxidation sites excluding steroid dienone is 1. The number of ether oxygens (including phenoxy) is 4. The first kappa shape index (κ1) is 57.6. The first-order valence-electron chi connectivity index (χ1n) is 36.8. The molecule has 90 heavy (non-hydrogen) atoms. The molecule has 15 fully saturated rings. The van der Waals surface area contributed by atoms with Gasteiger partial charge in [-0.05, 0) is 221 Å². The van der Waals surface area contributed by atoms with Crippen molar-refractivity contribution >= 4 is 17.7 Å².